The first-order chi connectivity index (χ1) is 21.8. The number of allylic oxidation sites excluding steroid dienone is 2. The van der Waals surface area contributed by atoms with Crippen LogP contribution >= 0.6 is 0 Å². The molecule has 3 heteroatoms. The Hall–Kier alpha value is -3.71. The van der Waals surface area contributed by atoms with Crippen molar-refractivity contribution in [1.29, 1.82) is 5.26 Å². The lowest BCUT2D eigenvalue weighted by Crippen LogP contribution is -2.47. The molecule has 2 atom stereocenters. The van der Waals surface area contributed by atoms with Crippen LogP contribution in [0.5, 0.6) is 0 Å². The second kappa shape index (κ2) is 13.6. The van der Waals surface area contributed by atoms with Crippen LogP contribution in [0.15, 0.2) is 109 Å². The van der Waals surface area contributed by atoms with Gasteiger partial charge in [0.1, 0.15) is 0 Å². The highest BCUT2D eigenvalue weighted by molar-refractivity contribution is 6.80. The molecule has 0 spiro atoms. The maximum atomic E-state index is 10.4. The molecule has 0 fully saturated rings. The van der Waals surface area contributed by atoms with Gasteiger partial charge in [0.05, 0.1) is 18.1 Å². The average Bonchev–Trinajstić information content (AvgIpc) is 3.04. The van der Waals surface area contributed by atoms with E-state index in [2.05, 4.69) is 171 Å². The zero-order valence-corrected chi connectivity index (χ0v) is 30.3. The van der Waals surface area contributed by atoms with Crippen LogP contribution in [0, 0.1) is 16.7 Å². The molecule has 1 aliphatic rings. The van der Waals surface area contributed by atoms with Gasteiger partial charge < -0.3 is 4.43 Å². The molecule has 46 heavy (non-hydrogen) atoms. The van der Waals surface area contributed by atoms with E-state index in [0.717, 1.165) is 11.1 Å². The minimum absolute atomic E-state index is 0.121. The molecule has 0 saturated heterocycles. The first-order valence-electron chi connectivity index (χ1n) is 16.9. The molecule has 0 heterocycles. The van der Waals surface area contributed by atoms with E-state index in [4.69, 9.17) is 4.43 Å². The predicted molar refractivity (Wildman–Crippen MR) is 197 cm³/mol. The van der Waals surface area contributed by atoms with E-state index in [1.807, 2.05) is 0 Å². The molecule has 0 N–H and O–H groups in total. The van der Waals surface area contributed by atoms with Crippen LogP contribution in [0.4, 0.5) is 0 Å². The fourth-order valence-corrected chi connectivity index (χ4v) is 9.65. The molecule has 4 aromatic carbocycles. The lowest BCUT2D eigenvalue weighted by Gasteiger charge is -2.42. The molecular weight excluding hydrogens is 575 g/mol. The van der Waals surface area contributed by atoms with Gasteiger partial charge in [-0.05, 0) is 86.2 Å². The van der Waals surface area contributed by atoms with Gasteiger partial charge in [0.2, 0.25) is 9.04 Å². The van der Waals surface area contributed by atoms with Crippen molar-refractivity contribution in [2.24, 2.45) is 5.41 Å². The zero-order chi connectivity index (χ0) is 33.1. The number of hydrogen-bond donors (Lipinski definition) is 0. The fraction of sp³-hybridized carbons (Fsp3) is 0.372. The van der Waals surface area contributed by atoms with Crippen molar-refractivity contribution < 1.29 is 4.43 Å². The Morgan fingerprint density at radius 1 is 0.783 bits per heavy atom. The highest BCUT2D eigenvalue weighted by Gasteiger charge is 2.37. The average molecular weight is 626 g/mol. The normalized spacial score (nSPS) is 17.2. The van der Waals surface area contributed by atoms with Crippen molar-refractivity contribution in [3.05, 3.63) is 137 Å². The van der Waals surface area contributed by atoms with E-state index in [0.29, 0.717) is 6.42 Å². The van der Waals surface area contributed by atoms with Gasteiger partial charge in [-0.1, -0.05) is 158 Å². The summed E-state index contributed by atoms with van der Waals surface area (Å²) in [5.74, 6) is -0.236. The number of nitriles is 1. The van der Waals surface area contributed by atoms with Crippen LogP contribution in [0.1, 0.15) is 114 Å². The SMILES string of the molecule is C/C(=C\CC(C#N)c1cccc(C(O[SiH](c2ccccc2)c2ccccc2)C(C)(C)C)c1)c1ccc2c(c1)C(C)(C)CCC2(C)C. The van der Waals surface area contributed by atoms with Gasteiger partial charge in [-0.2, -0.15) is 5.26 Å². The van der Waals surface area contributed by atoms with E-state index in [1.54, 1.807) is 0 Å². The van der Waals surface area contributed by atoms with Gasteiger partial charge in [-0.3, -0.25) is 0 Å². The molecule has 0 bridgehead atoms. The zero-order valence-electron chi connectivity index (χ0n) is 29.1. The van der Waals surface area contributed by atoms with Crippen LogP contribution in [-0.4, -0.2) is 9.04 Å². The summed E-state index contributed by atoms with van der Waals surface area (Å²) < 4.78 is 7.22. The minimum Gasteiger partial charge on any atom is -0.403 e. The summed E-state index contributed by atoms with van der Waals surface area (Å²) in [6.07, 6.45) is 5.22. The van der Waals surface area contributed by atoms with Crippen LogP contribution in [0.25, 0.3) is 5.57 Å². The molecule has 0 radical (unpaired) electrons. The third kappa shape index (κ3) is 7.46. The lowest BCUT2D eigenvalue weighted by atomic mass is 9.63. The van der Waals surface area contributed by atoms with Gasteiger partial charge in [0, 0.05) is 0 Å². The van der Waals surface area contributed by atoms with Crippen molar-refractivity contribution in [2.45, 2.75) is 97.5 Å². The second-order valence-electron chi connectivity index (χ2n) is 15.6. The molecular formula is C43H51NOSi. The Morgan fingerprint density at radius 3 is 1.91 bits per heavy atom. The van der Waals surface area contributed by atoms with Gasteiger partial charge in [0.15, 0.2) is 0 Å². The first kappa shape index (κ1) is 33.6. The van der Waals surface area contributed by atoms with Crippen LogP contribution in [0.2, 0.25) is 0 Å². The summed E-state index contributed by atoms with van der Waals surface area (Å²) in [5.41, 5.74) is 7.86. The molecule has 1 aliphatic carbocycles. The number of benzene rings is 4. The van der Waals surface area contributed by atoms with Gasteiger partial charge >= 0.3 is 0 Å². The fourth-order valence-electron chi connectivity index (χ4n) is 6.97. The van der Waals surface area contributed by atoms with Crippen LogP contribution < -0.4 is 10.4 Å². The van der Waals surface area contributed by atoms with Crippen LogP contribution in [-0.2, 0) is 15.3 Å². The molecule has 0 aliphatic heterocycles. The van der Waals surface area contributed by atoms with Crippen molar-refractivity contribution in [2.75, 3.05) is 0 Å². The van der Waals surface area contributed by atoms with Crippen molar-refractivity contribution in [1.82, 2.24) is 0 Å². The molecule has 0 amide bonds. The Morgan fingerprint density at radius 2 is 1.35 bits per heavy atom. The summed E-state index contributed by atoms with van der Waals surface area (Å²) in [7, 11) is -1.99. The van der Waals surface area contributed by atoms with Crippen molar-refractivity contribution >= 4 is 25.0 Å². The Labute approximate surface area is 279 Å². The molecule has 2 nitrogen and oxygen atoms in total. The van der Waals surface area contributed by atoms with Gasteiger partial charge in [0.25, 0.3) is 0 Å². The number of fused-ring (bicyclic) bond motifs is 1. The molecule has 2 unspecified atom stereocenters. The van der Waals surface area contributed by atoms with E-state index >= 15 is 0 Å². The van der Waals surface area contributed by atoms with E-state index in [1.165, 1.54) is 45.5 Å². The Balaban J connectivity index is 1.42. The summed E-state index contributed by atoms with van der Waals surface area (Å²) >= 11 is 0. The van der Waals surface area contributed by atoms with Gasteiger partial charge in [-0.25, -0.2) is 0 Å². The molecule has 4 aromatic rings. The van der Waals surface area contributed by atoms with E-state index in [-0.39, 0.29) is 28.3 Å². The summed E-state index contributed by atoms with van der Waals surface area (Å²) in [4.78, 5) is 0. The predicted octanol–water partition coefficient (Wildman–Crippen LogP) is 9.78. The Bertz CT molecular complexity index is 1670. The second-order valence-corrected chi connectivity index (χ2v) is 18.0. The van der Waals surface area contributed by atoms with Crippen LogP contribution in [0.3, 0.4) is 0 Å². The first-order valence-corrected chi connectivity index (χ1v) is 18.5. The Kier molecular flexibility index (Phi) is 9.92. The highest BCUT2D eigenvalue weighted by atomic mass is 28.3. The maximum absolute atomic E-state index is 10.4. The quantitative estimate of drug-likeness (QED) is 0.174. The topological polar surface area (TPSA) is 33.0 Å². The molecule has 238 valence electrons. The number of rotatable bonds is 9. The minimum atomic E-state index is -1.99. The number of nitrogens with zero attached hydrogens (tertiary/aromatic N) is 1. The number of hydrogen-bond acceptors (Lipinski definition) is 2. The summed E-state index contributed by atoms with van der Waals surface area (Å²) in [6.45, 7) is 18.4. The van der Waals surface area contributed by atoms with E-state index in [9.17, 15) is 5.26 Å². The van der Waals surface area contributed by atoms with Crippen molar-refractivity contribution in [3.63, 3.8) is 0 Å². The van der Waals surface area contributed by atoms with Crippen molar-refractivity contribution in [3.8, 4) is 6.07 Å². The smallest absolute Gasteiger partial charge is 0.240 e. The third-order valence-corrected chi connectivity index (χ3v) is 12.5. The van der Waals surface area contributed by atoms with E-state index < -0.39 is 9.04 Å². The summed E-state index contributed by atoms with van der Waals surface area (Å²) in [6, 6.07) is 39.6. The molecule has 0 saturated carbocycles. The highest BCUT2D eigenvalue weighted by Crippen LogP contribution is 2.46. The molecule has 0 aromatic heterocycles. The maximum Gasteiger partial charge on any atom is 0.240 e. The molecule has 5 rings (SSSR count). The van der Waals surface area contributed by atoms with Gasteiger partial charge in [-0.15, -0.1) is 0 Å². The lowest BCUT2D eigenvalue weighted by molar-refractivity contribution is 0.0896. The summed E-state index contributed by atoms with van der Waals surface area (Å²) in [5, 5.41) is 12.9. The largest absolute Gasteiger partial charge is 0.403 e. The monoisotopic (exact) mass is 625 g/mol. The third-order valence-electron chi connectivity index (χ3n) is 10.0. The standard InChI is InChI=1S/C43H51NOSi/c1-31(32-24-25-38-39(29-32)43(7,8)27-26-42(38,5)6)22-23-35(30-44)33-16-15-17-34(28-33)40(41(2,3)4)45-46(36-18-11-9-12-19-36)37-20-13-10-14-21-37/h9-22,24-25,28-29,35,40,46H,23,26-27H2,1-8H3/b31-22+.